The Balaban J connectivity index is 2.75. The van der Waals surface area contributed by atoms with Crippen LogP contribution in [0.2, 0.25) is 0 Å². The molecule has 4 heteroatoms. The molecule has 0 aliphatic heterocycles. The van der Waals surface area contributed by atoms with Gasteiger partial charge in [0.1, 0.15) is 11.5 Å². The maximum atomic E-state index is 5.22. The summed E-state index contributed by atoms with van der Waals surface area (Å²) in [5.74, 6) is 1.53. The predicted octanol–water partition coefficient (Wildman–Crippen LogP) is 3.43. The zero-order valence-corrected chi connectivity index (χ0v) is 10.8. The summed E-state index contributed by atoms with van der Waals surface area (Å²) in [5.41, 5.74) is 0. The third-order valence-electron chi connectivity index (χ3n) is 2.44. The first-order chi connectivity index (χ1) is 7.65. The lowest BCUT2D eigenvalue weighted by Gasteiger charge is -2.09. The second kappa shape index (κ2) is 4.47. The molecule has 0 saturated carbocycles. The molecular weight excluding hydrogens is 240 g/mol. The maximum Gasteiger partial charge on any atom is 0.132 e. The first kappa shape index (κ1) is 11.5. The Morgan fingerprint density at radius 1 is 0.875 bits per heavy atom. The van der Waals surface area contributed by atoms with Gasteiger partial charge in [-0.3, -0.25) is 0 Å². The van der Waals surface area contributed by atoms with Crippen LogP contribution in [-0.2, 0) is 0 Å². The van der Waals surface area contributed by atoms with Gasteiger partial charge in [-0.05, 0) is 35.0 Å². The van der Waals surface area contributed by atoms with E-state index in [1.165, 1.54) is 0 Å². The van der Waals surface area contributed by atoms with Crippen LogP contribution in [0.25, 0.3) is 10.8 Å². The van der Waals surface area contributed by atoms with E-state index in [1.54, 1.807) is 14.2 Å². The molecule has 2 rings (SSSR count). The van der Waals surface area contributed by atoms with E-state index in [4.69, 9.17) is 9.47 Å². The van der Waals surface area contributed by atoms with E-state index in [9.17, 15) is 0 Å². The molecule has 0 aromatic heterocycles. The van der Waals surface area contributed by atoms with Gasteiger partial charge >= 0.3 is 0 Å². The Morgan fingerprint density at radius 3 is 2.25 bits per heavy atom. The lowest BCUT2D eigenvalue weighted by atomic mass is 10.1. The molecule has 0 heterocycles. The number of thiol groups is 2. The lowest BCUT2D eigenvalue weighted by molar-refractivity contribution is 0.405. The van der Waals surface area contributed by atoms with Crippen molar-refractivity contribution < 1.29 is 9.47 Å². The van der Waals surface area contributed by atoms with E-state index in [0.717, 1.165) is 32.1 Å². The molecule has 2 nitrogen and oxygen atoms in total. The largest absolute Gasteiger partial charge is 0.497 e. The molecule has 0 radical (unpaired) electrons. The molecule has 0 unspecified atom stereocenters. The summed E-state index contributed by atoms with van der Waals surface area (Å²) in [6, 6.07) is 7.70. The normalized spacial score (nSPS) is 10.5. The lowest BCUT2D eigenvalue weighted by Crippen LogP contribution is -1.88. The van der Waals surface area contributed by atoms with Crippen LogP contribution in [0.5, 0.6) is 11.5 Å². The van der Waals surface area contributed by atoms with E-state index in [-0.39, 0.29) is 0 Å². The monoisotopic (exact) mass is 252 g/mol. The Labute approximate surface area is 105 Å². The molecule has 0 aliphatic rings. The minimum Gasteiger partial charge on any atom is -0.497 e. The molecule has 0 amide bonds. The summed E-state index contributed by atoms with van der Waals surface area (Å²) < 4.78 is 10.4. The van der Waals surface area contributed by atoms with Crippen LogP contribution < -0.4 is 9.47 Å². The van der Waals surface area contributed by atoms with Crippen molar-refractivity contribution in [3.63, 3.8) is 0 Å². The Bertz CT molecular complexity index is 538. The van der Waals surface area contributed by atoms with Crippen molar-refractivity contribution in [2.75, 3.05) is 14.2 Å². The highest BCUT2D eigenvalue weighted by Crippen LogP contribution is 2.34. The Hall–Kier alpha value is -1.00. The van der Waals surface area contributed by atoms with Gasteiger partial charge in [-0.1, -0.05) is 0 Å². The van der Waals surface area contributed by atoms with Gasteiger partial charge in [0.05, 0.1) is 14.2 Å². The summed E-state index contributed by atoms with van der Waals surface area (Å²) in [5, 5.41) is 2.06. The van der Waals surface area contributed by atoms with Crippen molar-refractivity contribution in [2.45, 2.75) is 9.79 Å². The van der Waals surface area contributed by atoms with Crippen molar-refractivity contribution >= 4 is 36.0 Å². The second-order valence-electron chi connectivity index (χ2n) is 3.39. The molecule has 0 spiro atoms. The first-order valence-electron chi connectivity index (χ1n) is 4.73. The summed E-state index contributed by atoms with van der Waals surface area (Å²) >= 11 is 8.79. The average molecular weight is 252 g/mol. The summed E-state index contributed by atoms with van der Waals surface area (Å²) in [4.78, 5) is 1.66. The number of ether oxygens (including phenoxy) is 2. The fourth-order valence-corrected chi connectivity index (χ4v) is 2.23. The molecule has 16 heavy (non-hydrogen) atoms. The standard InChI is InChI=1S/C12H12O2S2/c1-13-8-3-7-4-12(16)10(14-2)6-9(7)11(15)5-8/h3-6,15-16H,1-2H3. The predicted molar refractivity (Wildman–Crippen MR) is 71.6 cm³/mol. The first-order valence-corrected chi connectivity index (χ1v) is 5.63. The van der Waals surface area contributed by atoms with E-state index < -0.39 is 0 Å². The van der Waals surface area contributed by atoms with Gasteiger partial charge in [-0.2, -0.15) is 0 Å². The summed E-state index contributed by atoms with van der Waals surface area (Å²) in [6.45, 7) is 0. The zero-order chi connectivity index (χ0) is 11.7. The van der Waals surface area contributed by atoms with Gasteiger partial charge in [0.15, 0.2) is 0 Å². The van der Waals surface area contributed by atoms with Gasteiger partial charge in [0, 0.05) is 9.79 Å². The Morgan fingerprint density at radius 2 is 1.62 bits per heavy atom. The number of hydrogen-bond acceptors (Lipinski definition) is 4. The van der Waals surface area contributed by atoms with E-state index >= 15 is 0 Å². The van der Waals surface area contributed by atoms with Crippen LogP contribution in [0, 0.1) is 0 Å². The summed E-state index contributed by atoms with van der Waals surface area (Å²) in [7, 11) is 3.27. The molecule has 0 fully saturated rings. The third-order valence-corrected chi connectivity index (χ3v) is 3.16. The van der Waals surface area contributed by atoms with Crippen LogP contribution in [0.15, 0.2) is 34.1 Å². The molecule has 0 bridgehead atoms. The second-order valence-corrected chi connectivity index (χ2v) is 4.36. The molecule has 84 valence electrons. The number of benzene rings is 2. The quantitative estimate of drug-likeness (QED) is 0.798. The summed E-state index contributed by atoms with van der Waals surface area (Å²) in [6.07, 6.45) is 0. The molecule has 0 saturated heterocycles. The zero-order valence-electron chi connectivity index (χ0n) is 9.02. The number of hydrogen-bond donors (Lipinski definition) is 2. The average Bonchev–Trinajstić information content (AvgIpc) is 2.28. The van der Waals surface area contributed by atoms with Crippen LogP contribution >= 0.6 is 25.3 Å². The van der Waals surface area contributed by atoms with Gasteiger partial charge in [-0.25, -0.2) is 0 Å². The van der Waals surface area contributed by atoms with Crippen LogP contribution in [0.4, 0.5) is 0 Å². The maximum absolute atomic E-state index is 5.22. The molecule has 0 atom stereocenters. The third kappa shape index (κ3) is 1.95. The molecule has 0 N–H and O–H groups in total. The van der Waals surface area contributed by atoms with E-state index in [1.807, 2.05) is 24.3 Å². The minimum absolute atomic E-state index is 0.747. The topological polar surface area (TPSA) is 18.5 Å². The number of methoxy groups -OCH3 is 2. The molecule has 2 aromatic carbocycles. The van der Waals surface area contributed by atoms with E-state index in [0.29, 0.717) is 0 Å². The van der Waals surface area contributed by atoms with Crippen molar-refractivity contribution in [1.82, 2.24) is 0 Å². The number of rotatable bonds is 2. The fourth-order valence-electron chi connectivity index (χ4n) is 1.61. The highest BCUT2D eigenvalue weighted by atomic mass is 32.1. The van der Waals surface area contributed by atoms with Crippen molar-refractivity contribution in [3.8, 4) is 11.5 Å². The van der Waals surface area contributed by atoms with E-state index in [2.05, 4.69) is 25.3 Å². The van der Waals surface area contributed by atoms with Crippen LogP contribution in [-0.4, -0.2) is 14.2 Å². The molecule has 2 aromatic rings. The van der Waals surface area contributed by atoms with Crippen LogP contribution in [0.1, 0.15) is 0 Å². The highest BCUT2D eigenvalue weighted by Gasteiger charge is 2.06. The van der Waals surface area contributed by atoms with Gasteiger partial charge < -0.3 is 9.47 Å². The Kier molecular flexibility index (Phi) is 3.21. The van der Waals surface area contributed by atoms with Crippen molar-refractivity contribution in [3.05, 3.63) is 24.3 Å². The van der Waals surface area contributed by atoms with Gasteiger partial charge in [0.25, 0.3) is 0 Å². The highest BCUT2D eigenvalue weighted by molar-refractivity contribution is 7.80. The minimum atomic E-state index is 0.747. The SMILES string of the molecule is COc1cc(S)c2cc(OC)c(S)cc2c1. The van der Waals surface area contributed by atoms with Crippen LogP contribution in [0.3, 0.4) is 0 Å². The van der Waals surface area contributed by atoms with Crippen molar-refractivity contribution in [1.29, 1.82) is 0 Å². The molecular formula is C12H12O2S2. The molecule has 0 aliphatic carbocycles. The smallest absolute Gasteiger partial charge is 0.132 e. The fraction of sp³-hybridized carbons (Fsp3) is 0.167. The van der Waals surface area contributed by atoms with Crippen molar-refractivity contribution in [2.24, 2.45) is 0 Å². The van der Waals surface area contributed by atoms with Gasteiger partial charge in [0.2, 0.25) is 0 Å². The number of fused-ring (bicyclic) bond motifs is 1. The van der Waals surface area contributed by atoms with Gasteiger partial charge in [-0.15, -0.1) is 25.3 Å².